The Kier molecular flexibility index (Phi) is 6.58. The third kappa shape index (κ3) is 4.58. The van der Waals surface area contributed by atoms with Gasteiger partial charge in [-0.1, -0.05) is 36.8 Å². The Hall–Kier alpha value is -0.470. The third-order valence-electron chi connectivity index (χ3n) is 2.80. The highest BCUT2D eigenvalue weighted by atomic mass is 32.2. The zero-order valence-corrected chi connectivity index (χ0v) is 11.4. The summed E-state index contributed by atoms with van der Waals surface area (Å²) >= 11 is 1.92. The quantitative estimate of drug-likeness (QED) is 0.724. The van der Waals surface area contributed by atoms with Crippen LogP contribution >= 0.6 is 11.8 Å². The first kappa shape index (κ1) is 13.6. The summed E-state index contributed by atoms with van der Waals surface area (Å²) in [4.78, 5) is 0. The summed E-state index contributed by atoms with van der Waals surface area (Å²) in [6.07, 6.45) is 4.57. The van der Waals surface area contributed by atoms with Crippen LogP contribution in [0.15, 0.2) is 24.3 Å². The number of nitrogens with one attached hydrogen (secondary N) is 1. The molecule has 1 aromatic carbocycles. The molecule has 0 aromatic heterocycles. The predicted molar refractivity (Wildman–Crippen MR) is 75.2 cm³/mol. The smallest absolute Gasteiger partial charge is 0.0317 e. The molecule has 0 saturated heterocycles. The van der Waals surface area contributed by atoms with E-state index in [0.717, 1.165) is 13.0 Å². The van der Waals surface area contributed by atoms with E-state index < -0.39 is 0 Å². The zero-order chi connectivity index (χ0) is 11.8. The second-order valence-corrected chi connectivity index (χ2v) is 5.16. The highest BCUT2D eigenvalue weighted by Gasteiger charge is 2.07. The van der Waals surface area contributed by atoms with E-state index in [-0.39, 0.29) is 0 Å². The van der Waals surface area contributed by atoms with Gasteiger partial charge in [-0.3, -0.25) is 0 Å². The van der Waals surface area contributed by atoms with Gasteiger partial charge >= 0.3 is 0 Å². The van der Waals surface area contributed by atoms with Crippen molar-refractivity contribution in [3.05, 3.63) is 35.4 Å². The summed E-state index contributed by atoms with van der Waals surface area (Å²) in [6.45, 7) is 5.50. The topological polar surface area (TPSA) is 12.0 Å². The summed E-state index contributed by atoms with van der Waals surface area (Å²) in [7, 11) is 0. The maximum absolute atomic E-state index is 3.63. The minimum absolute atomic E-state index is 0.516. The first-order chi connectivity index (χ1) is 7.77. The molecule has 0 saturated carbocycles. The fourth-order valence-corrected chi connectivity index (χ4v) is 2.22. The van der Waals surface area contributed by atoms with Crippen LogP contribution in [0.5, 0.6) is 0 Å². The van der Waals surface area contributed by atoms with Gasteiger partial charge in [0.05, 0.1) is 0 Å². The first-order valence-corrected chi connectivity index (χ1v) is 7.46. The molecule has 0 aliphatic rings. The summed E-state index contributed by atoms with van der Waals surface area (Å²) in [5, 5.41) is 3.63. The molecule has 1 atom stereocenters. The lowest BCUT2D eigenvalue weighted by molar-refractivity contribution is 0.519. The highest BCUT2D eigenvalue weighted by molar-refractivity contribution is 7.98. The molecule has 0 spiro atoms. The summed E-state index contributed by atoms with van der Waals surface area (Å²) in [5.74, 6) is 1.25. The molecule has 0 amide bonds. The van der Waals surface area contributed by atoms with Gasteiger partial charge in [0.2, 0.25) is 0 Å². The van der Waals surface area contributed by atoms with Crippen molar-refractivity contribution in [1.29, 1.82) is 0 Å². The van der Waals surface area contributed by atoms with Gasteiger partial charge < -0.3 is 5.32 Å². The molecule has 90 valence electrons. The molecule has 0 radical (unpaired) electrons. The molecule has 0 aliphatic carbocycles. The van der Waals surface area contributed by atoms with Crippen molar-refractivity contribution in [2.75, 3.05) is 18.6 Å². The van der Waals surface area contributed by atoms with Gasteiger partial charge in [-0.05, 0) is 43.9 Å². The van der Waals surface area contributed by atoms with Gasteiger partial charge in [0, 0.05) is 6.04 Å². The minimum atomic E-state index is 0.516. The molecular formula is C14H23NS. The third-order valence-corrected chi connectivity index (χ3v) is 3.50. The minimum Gasteiger partial charge on any atom is -0.310 e. The van der Waals surface area contributed by atoms with Gasteiger partial charge in [-0.2, -0.15) is 11.8 Å². The molecule has 1 N–H and O–H groups in total. The van der Waals surface area contributed by atoms with Crippen LogP contribution in [0.25, 0.3) is 0 Å². The lowest BCUT2D eigenvalue weighted by Gasteiger charge is -2.17. The van der Waals surface area contributed by atoms with E-state index >= 15 is 0 Å². The monoisotopic (exact) mass is 237 g/mol. The van der Waals surface area contributed by atoms with E-state index in [2.05, 4.69) is 49.7 Å². The predicted octanol–water partition coefficient (Wildman–Crippen LogP) is 3.79. The van der Waals surface area contributed by atoms with Crippen molar-refractivity contribution in [3.63, 3.8) is 0 Å². The van der Waals surface area contributed by atoms with Gasteiger partial charge in [-0.25, -0.2) is 0 Å². The largest absolute Gasteiger partial charge is 0.310 e. The molecule has 2 heteroatoms. The fraction of sp³-hybridized carbons (Fsp3) is 0.571. The van der Waals surface area contributed by atoms with Gasteiger partial charge in [0.1, 0.15) is 0 Å². The molecule has 1 rings (SSSR count). The highest BCUT2D eigenvalue weighted by Crippen LogP contribution is 2.16. The Bertz CT molecular complexity index is 281. The van der Waals surface area contributed by atoms with E-state index in [1.165, 1.54) is 23.3 Å². The molecular weight excluding hydrogens is 214 g/mol. The van der Waals surface area contributed by atoms with E-state index in [4.69, 9.17) is 0 Å². The van der Waals surface area contributed by atoms with Crippen molar-refractivity contribution in [2.45, 2.75) is 32.7 Å². The Morgan fingerprint density at radius 1 is 1.25 bits per heavy atom. The van der Waals surface area contributed by atoms with Crippen molar-refractivity contribution in [2.24, 2.45) is 0 Å². The average Bonchev–Trinajstić information content (AvgIpc) is 2.31. The number of thioether (sulfide) groups is 1. The van der Waals surface area contributed by atoms with Crippen LogP contribution in [0.4, 0.5) is 0 Å². The van der Waals surface area contributed by atoms with Crippen LogP contribution in [-0.4, -0.2) is 18.6 Å². The maximum Gasteiger partial charge on any atom is 0.0317 e. The second kappa shape index (κ2) is 7.75. The molecule has 0 aliphatic heterocycles. The van der Waals surface area contributed by atoms with Crippen LogP contribution in [0.1, 0.15) is 36.9 Å². The standard InChI is InChI=1S/C14H23NS/c1-4-14(15-10-5-11-16-3)13-8-6-12(2)7-9-13/h6-9,14-15H,4-5,10-11H2,1-3H3. The lowest BCUT2D eigenvalue weighted by atomic mass is 10.0. The number of hydrogen-bond acceptors (Lipinski definition) is 2. The molecule has 0 heterocycles. The maximum atomic E-state index is 3.63. The van der Waals surface area contributed by atoms with E-state index in [0.29, 0.717) is 6.04 Å². The van der Waals surface area contributed by atoms with Crippen molar-refractivity contribution in [3.8, 4) is 0 Å². The van der Waals surface area contributed by atoms with Crippen molar-refractivity contribution >= 4 is 11.8 Å². The Morgan fingerprint density at radius 3 is 2.50 bits per heavy atom. The van der Waals surface area contributed by atoms with E-state index in [1.54, 1.807) is 0 Å². The van der Waals surface area contributed by atoms with Crippen molar-refractivity contribution < 1.29 is 0 Å². The Balaban J connectivity index is 2.44. The van der Waals surface area contributed by atoms with Crippen LogP contribution in [0.2, 0.25) is 0 Å². The van der Waals surface area contributed by atoms with Crippen molar-refractivity contribution in [1.82, 2.24) is 5.32 Å². The number of hydrogen-bond donors (Lipinski definition) is 1. The van der Waals surface area contributed by atoms with Crippen LogP contribution < -0.4 is 5.32 Å². The second-order valence-electron chi connectivity index (χ2n) is 4.17. The van der Waals surface area contributed by atoms with Gasteiger partial charge in [0.25, 0.3) is 0 Å². The Morgan fingerprint density at radius 2 is 1.94 bits per heavy atom. The van der Waals surface area contributed by atoms with Gasteiger partial charge in [0.15, 0.2) is 0 Å². The first-order valence-electron chi connectivity index (χ1n) is 6.06. The average molecular weight is 237 g/mol. The molecule has 16 heavy (non-hydrogen) atoms. The Labute approximate surface area is 104 Å². The number of rotatable bonds is 7. The number of benzene rings is 1. The zero-order valence-electron chi connectivity index (χ0n) is 10.6. The summed E-state index contributed by atoms with van der Waals surface area (Å²) < 4.78 is 0. The van der Waals surface area contributed by atoms with Crippen LogP contribution in [0, 0.1) is 6.92 Å². The fourth-order valence-electron chi connectivity index (χ4n) is 1.79. The summed E-state index contributed by atoms with van der Waals surface area (Å²) in [5.41, 5.74) is 2.75. The summed E-state index contributed by atoms with van der Waals surface area (Å²) in [6, 6.07) is 9.39. The normalized spacial score (nSPS) is 12.7. The van der Waals surface area contributed by atoms with Gasteiger partial charge in [-0.15, -0.1) is 0 Å². The molecule has 1 aromatic rings. The van der Waals surface area contributed by atoms with E-state index in [1.807, 2.05) is 11.8 Å². The number of aryl methyl sites for hydroxylation is 1. The van der Waals surface area contributed by atoms with E-state index in [9.17, 15) is 0 Å². The molecule has 1 nitrogen and oxygen atoms in total. The SMILES string of the molecule is CCC(NCCCSC)c1ccc(C)cc1. The van der Waals surface area contributed by atoms with Crippen LogP contribution in [0.3, 0.4) is 0 Å². The molecule has 1 unspecified atom stereocenters. The molecule has 0 bridgehead atoms. The lowest BCUT2D eigenvalue weighted by Crippen LogP contribution is -2.22. The van der Waals surface area contributed by atoms with Crippen LogP contribution in [-0.2, 0) is 0 Å². The molecule has 0 fully saturated rings.